The lowest BCUT2D eigenvalue weighted by molar-refractivity contribution is 0.0990. The zero-order valence-electron chi connectivity index (χ0n) is 16.6. The number of carbonyl (C=O) groups is 2. The second kappa shape index (κ2) is 8.09. The molecular weight excluding hydrogens is 348 g/mol. The number of hydrogen-bond donors (Lipinski definition) is 2. The molecule has 0 aliphatic rings. The van der Waals surface area contributed by atoms with E-state index in [9.17, 15) is 9.59 Å². The number of hydrogen-bond acceptors (Lipinski definition) is 2. The molecule has 2 amide bonds. The van der Waals surface area contributed by atoms with Crippen LogP contribution < -0.4 is 10.6 Å². The lowest BCUT2D eigenvalue weighted by Crippen LogP contribution is -2.20. The SMILES string of the molecule is Cc1cc(C)cc(NC(=O)c2ccccc2C(=O)Nc2cc(C)cc(C)c2)c1. The zero-order chi connectivity index (χ0) is 20.3. The molecule has 0 radical (unpaired) electrons. The van der Waals surface area contributed by atoms with Gasteiger partial charge in [0.25, 0.3) is 11.8 Å². The molecular formula is C24H24N2O2. The molecule has 0 saturated heterocycles. The van der Waals surface area contributed by atoms with Gasteiger partial charge in [0.05, 0.1) is 11.1 Å². The monoisotopic (exact) mass is 372 g/mol. The first-order valence-corrected chi connectivity index (χ1v) is 9.20. The smallest absolute Gasteiger partial charge is 0.256 e. The number of carbonyl (C=O) groups excluding carboxylic acids is 2. The molecule has 28 heavy (non-hydrogen) atoms. The van der Waals surface area contributed by atoms with E-state index in [1.54, 1.807) is 24.3 Å². The molecule has 0 heterocycles. The van der Waals surface area contributed by atoms with Crippen molar-refractivity contribution >= 4 is 23.2 Å². The van der Waals surface area contributed by atoms with Crippen molar-refractivity contribution in [2.45, 2.75) is 27.7 Å². The van der Waals surface area contributed by atoms with Crippen LogP contribution in [0.4, 0.5) is 11.4 Å². The summed E-state index contributed by atoms with van der Waals surface area (Å²) in [6.45, 7) is 7.92. The van der Waals surface area contributed by atoms with Crippen LogP contribution in [0.2, 0.25) is 0 Å². The highest BCUT2D eigenvalue weighted by Gasteiger charge is 2.17. The molecule has 3 rings (SSSR count). The average molecular weight is 372 g/mol. The fourth-order valence-electron chi connectivity index (χ4n) is 3.37. The van der Waals surface area contributed by atoms with Gasteiger partial charge in [-0.3, -0.25) is 9.59 Å². The van der Waals surface area contributed by atoms with E-state index in [-0.39, 0.29) is 11.8 Å². The van der Waals surface area contributed by atoms with Gasteiger partial charge in [-0.15, -0.1) is 0 Å². The molecule has 0 atom stereocenters. The van der Waals surface area contributed by atoms with E-state index < -0.39 is 0 Å². The number of amides is 2. The summed E-state index contributed by atoms with van der Waals surface area (Å²) in [6, 6.07) is 18.5. The summed E-state index contributed by atoms with van der Waals surface area (Å²) in [5.74, 6) is -0.618. The molecule has 3 aromatic carbocycles. The van der Waals surface area contributed by atoms with Crippen molar-refractivity contribution in [3.05, 3.63) is 94.0 Å². The quantitative estimate of drug-likeness (QED) is 0.642. The van der Waals surface area contributed by atoms with Crippen LogP contribution in [-0.4, -0.2) is 11.8 Å². The first kappa shape index (κ1) is 19.4. The van der Waals surface area contributed by atoms with Crippen molar-refractivity contribution in [1.82, 2.24) is 0 Å². The van der Waals surface area contributed by atoms with Crippen molar-refractivity contribution in [3.8, 4) is 0 Å². The topological polar surface area (TPSA) is 58.2 Å². The Kier molecular flexibility index (Phi) is 5.59. The Balaban J connectivity index is 1.85. The molecule has 2 N–H and O–H groups in total. The molecule has 0 bridgehead atoms. The second-order valence-electron chi connectivity index (χ2n) is 7.21. The Bertz CT molecular complexity index is 929. The van der Waals surface area contributed by atoms with Gasteiger partial charge in [-0.25, -0.2) is 0 Å². The fraction of sp³-hybridized carbons (Fsp3) is 0.167. The van der Waals surface area contributed by atoms with Gasteiger partial charge in [-0.05, 0) is 86.3 Å². The molecule has 4 nitrogen and oxygen atoms in total. The molecule has 0 spiro atoms. The number of benzene rings is 3. The lowest BCUT2D eigenvalue weighted by Gasteiger charge is -2.12. The van der Waals surface area contributed by atoms with Gasteiger partial charge in [0.2, 0.25) is 0 Å². The van der Waals surface area contributed by atoms with E-state index in [0.29, 0.717) is 22.5 Å². The summed E-state index contributed by atoms with van der Waals surface area (Å²) in [5, 5.41) is 5.80. The third kappa shape index (κ3) is 4.65. The van der Waals surface area contributed by atoms with Gasteiger partial charge in [0.15, 0.2) is 0 Å². The fourth-order valence-corrected chi connectivity index (χ4v) is 3.37. The Morgan fingerprint density at radius 3 is 1.21 bits per heavy atom. The molecule has 3 aromatic rings. The maximum absolute atomic E-state index is 12.8. The van der Waals surface area contributed by atoms with Crippen LogP contribution in [0.15, 0.2) is 60.7 Å². The van der Waals surface area contributed by atoms with Crippen molar-refractivity contribution < 1.29 is 9.59 Å². The van der Waals surface area contributed by atoms with Crippen molar-refractivity contribution in [2.24, 2.45) is 0 Å². The van der Waals surface area contributed by atoms with Crippen LogP contribution in [0.3, 0.4) is 0 Å². The summed E-state index contributed by atoms with van der Waals surface area (Å²) in [7, 11) is 0. The first-order valence-electron chi connectivity index (χ1n) is 9.20. The van der Waals surface area contributed by atoms with E-state index in [1.807, 2.05) is 64.1 Å². The van der Waals surface area contributed by atoms with Crippen molar-refractivity contribution in [2.75, 3.05) is 10.6 Å². The molecule has 0 fully saturated rings. The minimum absolute atomic E-state index is 0.309. The standard InChI is InChI=1S/C24H24N2O2/c1-15-9-16(2)12-19(11-15)25-23(27)21-7-5-6-8-22(21)24(28)26-20-13-17(3)10-18(4)14-20/h5-14H,1-4H3,(H,25,27)(H,26,28). The highest BCUT2D eigenvalue weighted by Crippen LogP contribution is 2.19. The Hall–Kier alpha value is -3.40. The van der Waals surface area contributed by atoms with Gasteiger partial charge < -0.3 is 10.6 Å². The Morgan fingerprint density at radius 1 is 0.571 bits per heavy atom. The minimum Gasteiger partial charge on any atom is -0.322 e. The normalized spacial score (nSPS) is 10.4. The van der Waals surface area contributed by atoms with E-state index in [2.05, 4.69) is 10.6 Å². The summed E-state index contributed by atoms with van der Waals surface area (Å²) in [4.78, 5) is 25.7. The highest BCUT2D eigenvalue weighted by atomic mass is 16.2. The number of anilines is 2. The first-order chi connectivity index (χ1) is 13.3. The molecule has 0 unspecified atom stereocenters. The van der Waals surface area contributed by atoms with Crippen LogP contribution in [-0.2, 0) is 0 Å². The van der Waals surface area contributed by atoms with Crippen LogP contribution >= 0.6 is 0 Å². The van der Waals surface area contributed by atoms with E-state index in [1.165, 1.54) is 0 Å². The van der Waals surface area contributed by atoms with Gasteiger partial charge in [-0.2, -0.15) is 0 Å². The Labute approximate surface area is 165 Å². The van der Waals surface area contributed by atoms with E-state index in [4.69, 9.17) is 0 Å². The summed E-state index contributed by atoms with van der Waals surface area (Å²) in [5.41, 5.74) is 6.37. The van der Waals surface area contributed by atoms with Crippen molar-refractivity contribution in [1.29, 1.82) is 0 Å². The van der Waals surface area contributed by atoms with Crippen molar-refractivity contribution in [3.63, 3.8) is 0 Å². The van der Waals surface area contributed by atoms with Gasteiger partial charge in [0, 0.05) is 11.4 Å². The maximum Gasteiger partial charge on any atom is 0.256 e. The minimum atomic E-state index is -0.309. The predicted octanol–water partition coefficient (Wildman–Crippen LogP) is 5.42. The molecule has 0 saturated carbocycles. The third-order valence-corrected chi connectivity index (χ3v) is 4.38. The maximum atomic E-state index is 12.8. The third-order valence-electron chi connectivity index (χ3n) is 4.38. The molecule has 142 valence electrons. The highest BCUT2D eigenvalue weighted by molar-refractivity contribution is 6.15. The largest absolute Gasteiger partial charge is 0.322 e. The van der Waals surface area contributed by atoms with Crippen LogP contribution in [0.25, 0.3) is 0 Å². The van der Waals surface area contributed by atoms with Gasteiger partial charge in [-0.1, -0.05) is 24.3 Å². The summed E-state index contributed by atoms with van der Waals surface area (Å²) < 4.78 is 0. The summed E-state index contributed by atoms with van der Waals surface area (Å²) >= 11 is 0. The molecule has 0 aliphatic carbocycles. The predicted molar refractivity (Wildman–Crippen MR) is 114 cm³/mol. The van der Waals surface area contributed by atoms with E-state index in [0.717, 1.165) is 22.3 Å². The van der Waals surface area contributed by atoms with Gasteiger partial charge in [0.1, 0.15) is 0 Å². The van der Waals surface area contributed by atoms with Gasteiger partial charge >= 0.3 is 0 Å². The lowest BCUT2D eigenvalue weighted by atomic mass is 10.0. The number of nitrogens with one attached hydrogen (secondary N) is 2. The van der Waals surface area contributed by atoms with E-state index >= 15 is 0 Å². The summed E-state index contributed by atoms with van der Waals surface area (Å²) in [6.07, 6.45) is 0. The molecule has 0 aliphatic heterocycles. The molecule has 0 aromatic heterocycles. The van der Waals surface area contributed by atoms with Crippen LogP contribution in [0.1, 0.15) is 43.0 Å². The van der Waals surface area contributed by atoms with Crippen LogP contribution in [0, 0.1) is 27.7 Å². The van der Waals surface area contributed by atoms with Crippen LogP contribution in [0.5, 0.6) is 0 Å². The molecule has 4 heteroatoms. The number of aryl methyl sites for hydroxylation is 4. The number of rotatable bonds is 4. The average Bonchev–Trinajstić information content (AvgIpc) is 2.59. The Morgan fingerprint density at radius 2 is 0.893 bits per heavy atom. The zero-order valence-corrected chi connectivity index (χ0v) is 16.6. The second-order valence-corrected chi connectivity index (χ2v) is 7.21.